The third-order valence-corrected chi connectivity index (χ3v) is 9.28. The summed E-state index contributed by atoms with van der Waals surface area (Å²) in [6.45, 7) is 0. The van der Waals surface area contributed by atoms with Gasteiger partial charge in [-0.1, -0.05) is 0 Å². The summed E-state index contributed by atoms with van der Waals surface area (Å²) >= 11 is -1.66. The molecule has 17 heavy (non-hydrogen) atoms. The molecular formula is C16H13Sb. The molecule has 2 aromatic carbocycles. The molecule has 0 atom stereocenters. The summed E-state index contributed by atoms with van der Waals surface area (Å²) in [5.74, 6) is 0. The summed E-state index contributed by atoms with van der Waals surface area (Å²) in [5, 5.41) is 0. The van der Waals surface area contributed by atoms with Gasteiger partial charge in [-0.2, -0.15) is 0 Å². The molecule has 1 aliphatic rings. The SMILES string of the molecule is C1=Cc2cccc[c]2[Sb]([c]2ccccc2)[CH]=C1. The van der Waals surface area contributed by atoms with Gasteiger partial charge < -0.3 is 0 Å². The topological polar surface area (TPSA) is 0 Å². The average Bonchev–Trinajstić information content (AvgIpc) is 2.62. The van der Waals surface area contributed by atoms with Gasteiger partial charge in [0.2, 0.25) is 0 Å². The van der Waals surface area contributed by atoms with Crippen LogP contribution < -0.4 is 7.02 Å². The summed E-state index contributed by atoms with van der Waals surface area (Å²) in [6.07, 6.45) is 6.60. The minimum absolute atomic E-state index is 1.39. The zero-order valence-corrected chi connectivity index (χ0v) is 12.0. The van der Waals surface area contributed by atoms with Gasteiger partial charge in [0, 0.05) is 0 Å². The van der Waals surface area contributed by atoms with Crippen LogP contribution in [0.25, 0.3) is 6.08 Å². The van der Waals surface area contributed by atoms with Crippen LogP contribution in [0.1, 0.15) is 5.56 Å². The molecular weight excluding hydrogens is 314 g/mol. The van der Waals surface area contributed by atoms with Crippen LogP contribution in [0.2, 0.25) is 0 Å². The van der Waals surface area contributed by atoms with Gasteiger partial charge in [0.15, 0.2) is 0 Å². The monoisotopic (exact) mass is 326 g/mol. The number of fused-ring (bicyclic) bond motifs is 1. The molecule has 1 heteroatoms. The molecule has 0 amide bonds. The predicted molar refractivity (Wildman–Crippen MR) is 76.1 cm³/mol. The maximum absolute atomic E-state index is 2.44. The van der Waals surface area contributed by atoms with E-state index in [4.69, 9.17) is 0 Å². The summed E-state index contributed by atoms with van der Waals surface area (Å²) < 4.78 is 5.54. The Bertz CT molecular complexity index is 567. The molecule has 1 heterocycles. The fourth-order valence-electron chi connectivity index (χ4n) is 2.04. The fourth-order valence-corrected chi connectivity index (χ4v) is 7.89. The van der Waals surface area contributed by atoms with Gasteiger partial charge in [-0.25, -0.2) is 0 Å². The van der Waals surface area contributed by atoms with Gasteiger partial charge >= 0.3 is 110 Å². The zero-order chi connectivity index (χ0) is 11.5. The summed E-state index contributed by atoms with van der Waals surface area (Å²) in [6, 6.07) is 19.7. The Labute approximate surface area is 109 Å². The Morgan fingerprint density at radius 2 is 1.47 bits per heavy atom. The molecule has 0 saturated heterocycles. The molecule has 0 unspecified atom stereocenters. The molecule has 0 saturated carbocycles. The van der Waals surface area contributed by atoms with E-state index in [1.54, 1.807) is 3.51 Å². The standard InChI is InChI=1S/C10H8.C6H5.Sb/c1-2-3-7-10-8-5-4-6-9-10;1-2-4-6-5-3-1;/h1-8H;1-5H;. The Balaban J connectivity index is 2.14. The van der Waals surface area contributed by atoms with E-state index in [-0.39, 0.29) is 0 Å². The molecule has 0 aromatic heterocycles. The van der Waals surface area contributed by atoms with Crippen LogP contribution >= 0.6 is 0 Å². The van der Waals surface area contributed by atoms with Gasteiger partial charge in [-0.15, -0.1) is 0 Å². The molecule has 2 aromatic rings. The Hall–Kier alpha value is -1.26. The minimum atomic E-state index is -1.66. The number of hydrogen-bond acceptors (Lipinski definition) is 0. The molecule has 1 aliphatic heterocycles. The van der Waals surface area contributed by atoms with Crippen molar-refractivity contribution < 1.29 is 0 Å². The van der Waals surface area contributed by atoms with E-state index in [9.17, 15) is 0 Å². The van der Waals surface area contributed by atoms with Crippen LogP contribution in [-0.2, 0) is 0 Å². The molecule has 0 nitrogen and oxygen atoms in total. The van der Waals surface area contributed by atoms with Crippen molar-refractivity contribution in [2.24, 2.45) is 0 Å². The van der Waals surface area contributed by atoms with Crippen LogP contribution in [0.3, 0.4) is 0 Å². The zero-order valence-electron chi connectivity index (χ0n) is 9.45. The second-order valence-electron chi connectivity index (χ2n) is 3.97. The van der Waals surface area contributed by atoms with Crippen LogP contribution in [0.15, 0.2) is 70.8 Å². The second kappa shape index (κ2) is 4.94. The van der Waals surface area contributed by atoms with Gasteiger partial charge in [0.05, 0.1) is 0 Å². The van der Waals surface area contributed by atoms with Gasteiger partial charge in [0.25, 0.3) is 0 Å². The Morgan fingerprint density at radius 1 is 0.706 bits per heavy atom. The average molecular weight is 327 g/mol. The molecule has 0 fully saturated rings. The van der Waals surface area contributed by atoms with Crippen molar-refractivity contribution in [1.29, 1.82) is 0 Å². The van der Waals surface area contributed by atoms with Crippen molar-refractivity contribution in [3.05, 3.63) is 76.3 Å². The molecule has 0 spiro atoms. The molecule has 0 radical (unpaired) electrons. The second-order valence-corrected chi connectivity index (χ2v) is 9.78. The maximum atomic E-state index is 2.44. The Morgan fingerprint density at radius 3 is 2.35 bits per heavy atom. The van der Waals surface area contributed by atoms with Crippen LogP contribution in [0.4, 0.5) is 0 Å². The normalized spacial score (nSPS) is 14.4. The van der Waals surface area contributed by atoms with Crippen molar-refractivity contribution in [3.63, 3.8) is 0 Å². The van der Waals surface area contributed by atoms with Crippen molar-refractivity contribution in [2.75, 3.05) is 0 Å². The fraction of sp³-hybridized carbons (Fsp3) is 0. The van der Waals surface area contributed by atoms with Crippen LogP contribution in [-0.4, -0.2) is 20.2 Å². The van der Waals surface area contributed by atoms with Crippen molar-refractivity contribution >= 4 is 33.3 Å². The quantitative estimate of drug-likeness (QED) is 0.706. The molecule has 0 aliphatic carbocycles. The molecule has 82 valence electrons. The van der Waals surface area contributed by atoms with E-state index in [1.165, 1.54) is 9.07 Å². The predicted octanol–water partition coefficient (Wildman–Crippen LogP) is 2.42. The molecule has 0 N–H and O–H groups in total. The van der Waals surface area contributed by atoms with Gasteiger partial charge in [0.1, 0.15) is 0 Å². The molecule has 0 bridgehead atoms. The Kier molecular flexibility index (Phi) is 3.15. The van der Waals surface area contributed by atoms with Gasteiger partial charge in [-0.05, 0) is 0 Å². The third-order valence-electron chi connectivity index (χ3n) is 2.85. The summed E-state index contributed by atoms with van der Waals surface area (Å²) in [4.78, 5) is 0. The number of allylic oxidation sites excluding steroid dienone is 2. The third kappa shape index (κ3) is 2.23. The summed E-state index contributed by atoms with van der Waals surface area (Å²) in [7, 11) is 0. The van der Waals surface area contributed by atoms with E-state index < -0.39 is 20.2 Å². The van der Waals surface area contributed by atoms with E-state index in [0.717, 1.165) is 0 Å². The van der Waals surface area contributed by atoms with Crippen molar-refractivity contribution in [2.45, 2.75) is 0 Å². The van der Waals surface area contributed by atoms with E-state index in [2.05, 4.69) is 76.8 Å². The first kappa shape index (κ1) is 10.9. The van der Waals surface area contributed by atoms with Gasteiger partial charge in [-0.3, -0.25) is 0 Å². The first-order chi connectivity index (χ1) is 8.45. The van der Waals surface area contributed by atoms with E-state index in [0.29, 0.717) is 0 Å². The van der Waals surface area contributed by atoms with Crippen LogP contribution in [0.5, 0.6) is 0 Å². The number of hydrogen-bond donors (Lipinski definition) is 0. The van der Waals surface area contributed by atoms with E-state index in [1.807, 2.05) is 0 Å². The number of benzene rings is 2. The first-order valence-corrected chi connectivity index (χ1v) is 9.76. The first-order valence-electron chi connectivity index (χ1n) is 5.73. The van der Waals surface area contributed by atoms with Crippen LogP contribution in [0, 0.1) is 0 Å². The molecule has 3 rings (SSSR count). The van der Waals surface area contributed by atoms with Crippen molar-refractivity contribution in [1.82, 2.24) is 0 Å². The van der Waals surface area contributed by atoms with Crippen molar-refractivity contribution in [3.8, 4) is 0 Å². The number of rotatable bonds is 1. The van der Waals surface area contributed by atoms with E-state index >= 15 is 0 Å². The summed E-state index contributed by atoms with van der Waals surface area (Å²) in [5.41, 5.74) is 1.39.